The van der Waals surface area contributed by atoms with Crippen molar-refractivity contribution in [3.63, 3.8) is 0 Å². The zero-order valence-electron chi connectivity index (χ0n) is 26.3. The standard InChI is InChI=1S/C33H43N2O8PS/c1-32(2)25-13-7-8-14-27(25)34(21-10-11-22-45(41,42)43)29(32)15-12-16-30-33(3,4)26-23-24(44(38,39)40)18-19-28(26)35(30)20-9-5-6-17-31(36)37/h7-8,12-16,18-19,23H,5-6,9-11,17,20-22H2,1-4H3,(H3-,36,37,38,39,40,41,42,43)/p+1. The molecule has 10 nitrogen and oxygen atoms in total. The molecule has 2 aromatic carbocycles. The van der Waals surface area contributed by atoms with Gasteiger partial charge < -0.3 is 19.8 Å². The number of carboxylic acids is 1. The highest BCUT2D eigenvalue weighted by atomic mass is 32.2. The fourth-order valence-electron chi connectivity index (χ4n) is 6.48. The zero-order valence-corrected chi connectivity index (χ0v) is 28.0. The van der Waals surface area contributed by atoms with Crippen molar-refractivity contribution in [1.29, 1.82) is 0 Å². The van der Waals surface area contributed by atoms with E-state index in [1.54, 1.807) is 12.1 Å². The summed E-state index contributed by atoms with van der Waals surface area (Å²) in [6, 6.07) is 13.0. The van der Waals surface area contributed by atoms with Gasteiger partial charge in [-0.05, 0) is 62.9 Å². The summed E-state index contributed by atoms with van der Waals surface area (Å²) in [7, 11) is -8.48. The van der Waals surface area contributed by atoms with Crippen LogP contribution < -0.4 is 10.2 Å². The summed E-state index contributed by atoms with van der Waals surface area (Å²) in [5, 5.41) is 8.99. The quantitative estimate of drug-likeness (QED) is 0.0901. The maximum absolute atomic E-state index is 12.1. The smallest absolute Gasteiger partial charge is 0.356 e. The molecular weight excluding hydrogens is 615 g/mol. The number of anilines is 1. The molecule has 0 unspecified atom stereocenters. The van der Waals surface area contributed by atoms with E-state index in [0.717, 1.165) is 46.8 Å². The minimum atomic E-state index is -4.46. The Morgan fingerprint density at radius 1 is 0.956 bits per heavy atom. The van der Waals surface area contributed by atoms with Gasteiger partial charge in [-0.2, -0.15) is 13.0 Å². The van der Waals surface area contributed by atoms with Crippen molar-refractivity contribution >= 4 is 46.1 Å². The summed E-state index contributed by atoms with van der Waals surface area (Å²) in [5.41, 5.74) is 5.02. The third-order valence-corrected chi connectivity index (χ3v) is 10.6. The molecule has 0 amide bonds. The number of aliphatic carboxylic acids is 1. The fraction of sp³-hybridized carbons (Fsp3) is 0.455. The molecule has 4 rings (SSSR count). The Bertz CT molecular complexity index is 1700. The van der Waals surface area contributed by atoms with Crippen molar-refractivity contribution in [2.75, 3.05) is 23.7 Å². The SMILES string of the molecule is CC1(C)C(/C=C/C=C2/N(CCCCCC(=O)O)c3ccc(P(=O)(O)O)cc3C2(C)C)=[N+](CCCCS(=O)(=O)O)c2ccccc21. The Morgan fingerprint density at radius 3 is 2.33 bits per heavy atom. The molecule has 0 radical (unpaired) electrons. The number of rotatable bonds is 14. The predicted molar refractivity (Wildman–Crippen MR) is 177 cm³/mol. The third kappa shape index (κ3) is 7.84. The van der Waals surface area contributed by atoms with E-state index in [1.165, 1.54) is 6.07 Å². The Kier molecular flexibility index (Phi) is 10.3. The molecule has 45 heavy (non-hydrogen) atoms. The van der Waals surface area contributed by atoms with E-state index in [1.807, 2.05) is 38.1 Å². The summed E-state index contributed by atoms with van der Waals surface area (Å²) >= 11 is 0. The van der Waals surface area contributed by atoms with Crippen LogP contribution in [0.3, 0.4) is 0 Å². The van der Waals surface area contributed by atoms with E-state index >= 15 is 0 Å². The first kappa shape index (κ1) is 34.8. The van der Waals surface area contributed by atoms with Crippen molar-refractivity contribution < 1.29 is 41.8 Å². The predicted octanol–water partition coefficient (Wildman–Crippen LogP) is 5.42. The van der Waals surface area contributed by atoms with Gasteiger partial charge in [-0.3, -0.25) is 13.9 Å². The first-order valence-electron chi connectivity index (χ1n) is 15.2. The van der Waals surface area contributed by atoms with Gasteiger partial charge in [0.1, 0.15) is 6.54 Å². The Morgan fingerprint density at radius 2 is 1.67 bits per heavy atom. The topological polar surface area (TPSA) is 155 Å². The summed E-state index contributed by atoms with van der Waals surface area (Å²) < 4.78 is 46.0. The Hall–Kier alpha value is -3.08. The van der Waals surface area contributed by atoms with Gasteiger partial charge in [-0.25, -0.2) is 0 Å². The molecule has 2 aliphatic heterocycles. The molecule has 0 fully saturated rings. The highest BCUT2D eigenvalue weighted by Crippen LogP contribution is 2.49. The first-order chi connectivity index (χ1) is 20.9. The number of hydrogen-bond acceptors (Lipinski definition) is 5. The lowest BCUT2D eigenvalue weighted by molar-refractivity contribution is -0.438. The molecule has 4 N–H and O–H groups in total. The third-order valence-electron chi connectivity index (χ3n) is 8.83. The molecule has 0 bridgehead atoms. The lowest BCUT2D eigenvalue weighted by atomic mass is 9.81. The Labute approximate surface area is 265 Å². The molecular formula is C33H44N2O8PS+. The van der Waals surface area contributed by atoms with E-state index in [0.29, 0.717) is 32.4 Å². The van der Waals surface area contributed by atoms with Crippen LogP contribution in [0.1, 0.15) is 77.3 Å². The number of fused-ring (bicyclic) bond motifs is 2. The number of nitrogens with zero attached hydrogens (tertiary/aromatic N) is 2. The lowest BCUT2D eigenvalue weighted by Gasteiger charge is -2.27. The first-order valence-corrected chi connectivity index (χ1v) is 18.4. The minimum absolute atomic E-state index is 0.0295. The van der Waals surface area contributed by atoms with E-state index in [2.05, 4.69) is 41.5 Å². The van der Waals surface area contributed by atoms with Gasteiger partial charge in [-0.1, -0.05) is 44.5 Å². The molecule has 2 heterocycles. The van der Waals surface area contributed by atoms with Gasteiger partial charge in [0.2, 0.25) is 5.69 Å². The van der Waals surface area contributed by atoms with Gasteiger partial charge >= 0.3 is 13.6 Å². The van der Waals surface area contributed by atoms with Crippen LogP contribution in [0.15, 0.2) is 66.4 Å². The largest absolute Gasteiger partial charge is 0.481 e. The van der Waals surface area contributed by atoms with E-state index in [9.17, 15) is 32.1 Å². The number of carboxylic acid groups (broad SMARTS) is 1. The molecule has 2 aromatic rings. The summed E-state index contributed by atoms with van der Waals surface area (Å²) in [6.45, 7) is 9.57. The van der Waals surface area contributed by atoms with Crippen molar-refractivity contribution in [3.8, 4) is 0 Å². The Balaban J connectivity index is 1.70. The molecule has 0 aromatic heterocycles. The van der Waals surface area contributed by atoms with Crippen molar-refractivity contribution in [2.24, 2.45) is 0 Å². The van der Waals surface area contributed by atoms with Gasteiger partial charge in [0.15, 0.2) is 5.71 Å². The van der Waals surface area contributed by atoms with E-state index in [4.69, 9.17) is 5.11 Å². The summed E-state index contributed by atoms with van der Waals surface area (Å²) in [4.78, 5) is 32.9. The number of benzene rings is 2. The van der Waals surface area contributed by atoms with Gasteiger partial charge in [0.05, 0.1) is 16.5 Å². The number of para-hydroxylation sites is 1. The zero-order chi connectivity index (χ0) is 33.2. The summed E-state index contributed by atoms with van der Waals surface area (Å²) in [6.07, 6.45) is 9.19. The van der Waals surface area contributed by atoms with Crippen LogP contribution in [-0.2, 0) is 30.3 Å². The summed E-state index contributed by atoms with van der Waals surface area (Å²) in [5.74, 6) is -1.10. The lowest BCUT2D eigenvalue weighted by Crippen LogP contribution is -2.28. The molecule has 0 spiro atoms. The highest BCUT2D eigenvalue weighted by molar-refractivity contribution is 7.85. The average Bonchev–Trinajstić information content (AvgIpc) is 3.28. The molecule has 12 heteroatoms. The normalized spacial score (nSPS) is 18.2. The number of allylic oxidation sites excluding steroid dienone is 4. The van der Waals surface area contributed by atoms with E-state index < -0.39 is 29.1 Å². The fourth-order valence-corrected chi connectivity index (χ4v) is 7.61. The van der Waals surface area contributed by atoms with Crippen LogP contribution in [0.4, 0.5) is 11.4 Å². The monoisotopic (exact) mass is 659 g/mol. The van der Waals surface area contributed by atoms with Crippen LogP contribution in [0.5, 0.6) is 0 Å². The molecule has 2 aliphatic rings. The van der Waals surface area contributed by atoms with E-state index in [-0.39, 0.29) is 22.9 Å². The molecule has 0 atom stereocenters. The van der Waals surface area contributed by atoms with Crippen LogP contribution in [0.2, 0.25) is 0 Å². The van der Waals surface area contributed by atoms with Crippen LogP contribution >= 0.6 is 7.60 Å². The van der Waals surface area contributed by atoms with Gasteiger partial charge in [-0.15, -0.1) is 0 Å². The van der Waals surface area contributed by atoms with Crippen molar-refractivity contribution in [3.05, 3.63) is 77.5 Å². The minimum Gasteiger partial charge on any atom is -0.481 e. The number of carbonyl (C=O) groups is 1. The number of hydrogen-bond donors (Lipinski definition) is 4. The number of unbranched alkanes of at least 4 members (excludes halogenated alkanes) is 3. The second-order valence-electron chi connectivity index (χ2n) is 12.8. The van der Waals surface area contributed by atoms with Crippen LogP contribution in [-0.4, -0.2) is 63.0 Å². The molecule has 244 valence electrons. The van der Waals surface area contributed by atoms with Crippen LogP contribution in [0.25, 0.3) is 0 Å². The second-order valence-corrected chi connectivity index (χ2v) is 16.0. The van der Waals surface area contributed by atoms with Crippen LogP contribution in [0, 0.1) is 0 Å². The molecule has 0 saturated heterocycles. The van der Waals surface area contributed by atoms with Crippen molar-refractivity contribution in [2.45, 2.75) is 77.0 Å². The maximum atomic E-state index is 12.1. The molecule has 0 aliphatic carbocycles. The van der Waals surface area contributed by atoms with Gasteiger partial charge in [0.25, 0.3) is 10.1 Å². The highest BCUT2D eigenvalue weighted by Gasteiger charge is 2.44. The molecule has 0 saturated carbocycles. The second kappa shape index (κ2) is 13.3. The van der Waals surface area contributed by atoms with Crippen molar-refractivity contribution in [1.82, 2.24) is 0 Å². The average molecular weight is 660 g/mol. The van der Waals surface area contributed by atoms with Gasteiger partial charge in [0, 0.05) is 53.9 Å². The maximum Gasteiger partial charge on any atom is 0.356 e.